The minimum atomic E-state index is -0.0101. The molecule has 0 spiro atoms. The lowest BCUT2D eigenvalue weighted by atomic mass is 10.1. The van der Waals surface area contributed by atoms with E-state index < -0.39 is 0 Å². The third-order valence-electron chi connectivity index (χ3n) is 3.16. The normalized spacial score (nSPS) is 10.9. The summed E-state index contributed by atoms with van der Waals surface area (Å²) < 4.78 is 11.3. The maximum absolute atomic E-state index is 11.5. The molecule has 0 aliphatic rings. The molecule has 1 aromatic heterocycles. The van der Waals surface area contributed by atoms with Crippen LogP contribution in [-0.4, -0.2) is 23.1 Å². The third kappa shape index (κ3) is 3.86. The minimum absolute atomic E-state index is 0.0101. The van der Waals surface area contributed by atoms with E-state index in [-0.39, 0.29) is 5.78 Å². The van der Waals surface area contributed by atoms with Gasteiger partial charge >= 0.3 is 0 Å². The number of nitrogens with zero attached hydrogens (tertiary/aromatic N) is 1. The summed E-state index contributed by atoms with van der Waals surface area (Å²) in [4.78, 5) is 15.9. The Morgan fingerprint density at radius 1 is 1.30 bits per heavy atom. The van der Waals surface area contributed by atoms with Gasteiger partial charge in [-0.1, -0.05) is 35.5 Å². The van der Waals surface area contributed by atoms with Crippen molar-refractivity contribution >= 4 is 40.2 Å². The average molecular weight is 348 g/mol. The van der Waals surface area contributed by atoms with E-state index in [1.165, 1.54) is 18.7 Å². The van der Waals surface area contributed by atoms with E-state index in [2.05, 4.69) is 4.98 Å². The predicted molar refractivity (Wildman–Crippen MR) is 91.7 cm³/mol. The summed E-state index contributed by atoms with van der Waals surface area (Å²) in [6.07, 6.45) is 0. The van der Waals surface area contributed by atoms with Crippen LogP contribution < -0.4 is 4.74 Å². The highest BCUT2D eigenvalue weighted by atomic mass is 35.5. The molecule has 23 heavy (non-hydrogen) atoms. The first-order valence-corrected chi connectivity index (χ1v) is 8.41. The monoisotopic (exact) mass is 347 g/mol. The van der Waals surface area contributed by atoms with Crippen molar-refractivity contribution < 1.29 is 13.9 Å². The number of fused-ring (bicyclic) bond motifs is 1. The Hall–Kier alpha value is -1.98. The molecular formula is C17H14ClNO3S. The van der Waals surface area contributed by atoms with Crippen LogP contribution in [0, 0.1) is 0 Å². The lowest BCUT2D eigenvalue weighted by Crippen LogP contribution is -2.04. The third-order valence-corrected chi connectivity index (χ3v) is 4.19. The van der Waals surface area contributed by atoms with Crippen LogP contribution in [0.15, 0.2) is 52.1 Å². The summed E-state index contributed by atoms with van der Waals surface area (Å²) in [7, 11) is 0. The summed E-state index contributed by atoms with van der Waals surface area (Å²) in [5.41, 5.74) is 2.04. The standard InChI is InChI=1S/C17H14ClNO3S/c1-11(20)13-4-2-3-5-15(13)21-8-9-23-17-19-14-10-12(18)6-7-16(14)22-17/h2-7,10H,8-9H2,1H3. The highest BCUT2D eigenvalue weighted by Crippen LogP contribution is 2.26. The number of halogens is 1. The van der Waals surface area contributed by atoms with E-state index in [0.717, 1.165) is 5.52 Å². The minimum Gasteiger partial charge on any atom is -0.492 e. The highest BCUT2D eigenvalue weighted by molar-refractivity contribution is 7.99. The molecule has 0 bridgehead atoms. The van der Waals surface area contributed by atoms with Gasteiger partial charge in [0.15, 0.2) is 11.4 Å². The van der Waals surface area contributed by atoms with Gasteiger partial charge in [-0.05, 0) is 37.3 Å². The van der Waals surface area contributed by atoms with Crippen molar-refractivity contribution in [1.29, 1.82) is 0 Å². The zero-order valence-electron chi connectivity index (χ0n) is 12.4. The van der Waals surface area contributed by atoms with Crippen molar-refractivity contribution in [3.63, 3.8) is 0 Å². The van der Waals surface area contributed by atoms with Gasteiger partial charge < -0.3 is 9.15 Å². The molecule has 4 nitrogen and oxygen atoms in total. The molecule has 0 N–H and O–H groups in total. The molecule has 0 fully saturated rings. The fourth-order valence-corrected chi connectivity index (χ4v) is 2.92. The number of para-hydroxylation sites is 1. The molecule has 1 heterocycles. The average Bonchev–Trinajstić information content (AvgIpc) is 2.93. The van der Waals surface area contributed by atoms with Crippen LogP contribution in [0.2, 0.25) is 5.02 Å². The van der Waals surface area contributed by atoms with Crippen LogP contribution in [-0.2, 0) is 0 Å². The summed E-state index contributed by atoms with van der Waals surface area (Å²) >= 11 is 7.38. The highest BCUT2D eigenvalue weighted by Gasteiger charge is 2.09. The molecular weight excluding hydrogens is 334 g/mol. The second kappa shape index (κ2) is 7.06. The Balaban J connectivity index is 1.58. The maximum Gasteiger partial charge on any atom is 0.256 e. The Bertz CT molecular complexity index is 847. The smallest absolute Gasteiger partial charge is 0.256 e. The zero-order chi connectivity index (χ0) is 16.2. The first-order chi connectivity index (χ1) is 11.1. The fraction of sp³-hybridized carbons (Fsp3) is 0.176. The van der Waals surface area contributed by atoms with Crippen molar-refractivity contribution in [2.24, 2.45) is 0 Å². The van der Waals surface area contributed by atoms with Gasteiger partial charge in [0.2, 0.25) is 0 Å². The van der Waals surface area contributed by atoms with E-state index in [4.69, 9.17) is 20.8 Å². The molecule has 0 amide bonds. The van der Waals surface area contributed by atoms with E-state index in [1.54, 1.807) is 30.3 Å². The number of thioether (sulfide) groups is 1. The largest absolute Gasteiger partial charge is 0.492 e. The first-order valence-electron chi connectivity index (χ1n) is 7.05. The Morgan fingerprint density at radius 2 is 2.13 bits per heavy atom. The number of aromatic nitrogens is 1. The predicted octanol–water partition coefficient (Wildman–Crippen LogP) is 4.85. The van der Waals surface area contributed by atoms with Crippen molar-refractivity contribution in [2.45, 2.75) is 12.1 Å². The summed E-state index contributed by atoms with van der Waals surface area (Å²) in [6, 6.07) is 12.6. The van der Waals surface area contributed by atoms with Crippen molar-refractivity contribution in [3.8, 4) is 5.75 Å². The SMILES string of the molecule is CC(=O)c1ccccc1OCCSc1nc2cc(Cl)ccc2o1. The van der Waals surface area contributed by atoms with Gasteiger partial charge in [-0.3, -0.25) is 4.79 Å². The molecule has 0 atom stereocenters. The van der Waals surface area contributed by atoms with Gasteiger partial charge in [0.05, 0.1) is 12.2 Å². The number of ketones is 1. The van der Waals surface area contributed by atoms with Gasteiger partial charge in [0.1, 0.15) is 11.3 Å². The van der Waals surface area contributed by atoms with E-state index >= 15 is 0 Å². The molecule has 0 aliphatic carbocycles. The molecule has 118 valence electrons. The molecule has 0 saturated heterocycles. The molecule has 0 unspecified atom stereocenters. The van der Waals surface area contributed by atoms with E-state index in [1.807, 2.05) is 12.1 Å². The van der Waals surface area contributed by atoms with Gasteiger partial charge in [0, 0.05) is 10.8 Å². The lowest BCUT2D eigenvalue weighted by Gasteiger charge is -2.08. The number of hydrogen-bond acceptors (Lipinski definition) is 5. The van der Waals surface area contributed by atoms with Crippen molar-refractivity contribution in [3.05, 3.63) is 53.1 Å². The number of hydrogen-bond donors (Lipinski definition) is 0. The number of Topliss-reactive ketones (excluding diaryl/α,β-unsaturated/α-hetero) is 1. The topological polar surface area (TPSA) is 52.3 Å². The molecule has 2 aromatic carbocycles. The number of rotatable bonds is 6. The number of carbonyl (C=O) groups excluding carboxylic acids is 1. The summed E-state index contributed by atoms with van der Waals surface area (Å²) in [5.74, 6) is 1.25. The molecule has 0 saturated carbocycles. The van der Waals surface area contributed by atoms with Crippen LogP contribution in [0.3, 0.4) is 0 Å². The van der Waals surface area contributed by atoms with Gasteiger partial charge in [-0.15, -0.1) is 0 Å². The van der Waals surface area contributed by atoms with Crippen LogP contribution >= 0.6 is 23.4 Å². The molecule has 0 aliphatic heterocycles. The fourth-order valence-electron chi connectivity index (χ4n) is 2.11. The van der Waals surface area contributed by atoms with Crippen LogP contribution in [0.5, 0.6) is 5.75 Å². The van der Waals surface area contributed by atoms with Crippen molar-refractivity contribution in [2.75, 3.05) is 12.4 Å². The molecule has 6 heteroatoms. The second-order valence-electron chi connectivity index (χ2n) is 4.84. The maximum atomic E-state index is 11.5. The Labute approximate surface area is 142 Å². The van der Waals surface area contributed by atoms with Gasteiger partial charge in [-0.25, -0.2) is 4.98 Å². The van der Waals surface area contributed by atoms with E-state index in [9.17, 15) is 4.79 Å². The number of carbonyl (C=O) groups is 1. The molecule has 0 radical (unpaired) electrons. The molecule has 3 aromatic rings. The molecule has 3 rings (SSSR count). The zero-order valence-corrected chi connectivity index (χ0v) is 14.0. The van der Waals surface area contributed by atoms with Gasteiger partial charge in [0.25, 0.3) is 5.22 Å². The van der Waals surface area contributed by atoms with Crippen molar-refractivity contribution in [1.82, 2.24) is 4.98 Å². The van der Waals surface area contributed by atoms with Gasteiger partial charge in [-0.2, -0.15) is 0 Å². The summed E-state index contributed by atoms with van der Waals surface area (Å²) in [5, 5.41) is 1.21. The first kappa shape index (κ1) is 15.9. The lowest BCUT2D eigenvalue weighted by molar-refractivity contribution is 0.101. The second-order valence-corrected chi connectivity index (χ2v) is 6.32. The summed E-state index contributed by atoms with van der Waals surface area (Å²) in [6.45, 7) is 1.98. The van der Waals surface area contributed by atoms with Crippen LogP contribution in [0.4, 0.5) is 0 Å². The number of oxazole rings is 1. The van der Waals surface area contributed by atoms with E-state index in [0.29, 0.717) is 39.5 Å². The van der Waals surface area contributed by atoms with Crippen LogP contribution in [0.1, 0.15) is 17.3 Å². The Kier molecular flexibility index (Phi) is 4.88. The number of ether oxygens (including phenoxy) is 1. The van der Waals surface area contributed by atoms with Crippen LogP contribution in [0.25, 0.3) is 11.1 Å². The Morgan fingerprint density at radius 3 is 2.96 bits per heavy atom. The number of benzene rings is 2. The quantitative estimate of drug-likeness (QED) is 0.362.